The number of aromatic nitrogens is 4. The van der Waals surface area contributed by atoms with Crippen LogP contribution in [0.1, 0.15) is 0 Å². The zero-order chi connectivity index (χ0) is 22.1. The molecular weight excluding hydrogens is 404 g/mol. The summed E-state index contributed by atoms with van der Waals surface area (Å²) in [7, 11) is 1.82. The molecule has 32 heavy (non-hydrogen) atoms. The number of para-hydroxylation sites is 1. The van der Waals surface area contributed by atoms with Gasteiger partial charge in [0.05, 0.1) is 11.4 Å². The van der Waals surface area contributed by atoms with Crippen LogP contribution >= 0.6 is 0 Å². The van der Waals surface area contributed by atoms with Gasteiger partial charge >= 0.3 is 5.69 Å². The topological polar surface area (TPSA) is 100.0 Å². The van der Waals surface area contributed by atoms with Gasteiger partial charge in [-0.05, 0) is 54.6 Å². The van der Waals surface area contributed by atoms with Gasteiger partial charge in [-0.15, -0.1) is 0 Å². The zero-order valence-electron chi connectivity index (χ0n) is 17.3. The number of hydrogen-bond donors (Lipinski definition) is 2. The van der Waals surface area contributed by atoms with E-state index in [4.69, 9.17) is 10.5 Å². The Morgan fingerprint density at radius 1 is 0.844 bits per heavy atom. The molecule has 0 aliphatic rings. The summed E-state index contributed by atoms with van der Waals surface area (Å²) in [5, 5.41) is 3.09. The third-order valence-corrected chi connectivity index (χ3v) is 5.12. The highest BCUT2D eigenvalue weighted by atomic mass is 16.5. The van der Waals surface area contributed by atoms with Gasteiger partial charge < -0.3 is 15.8 Å². The van der Waals surface area contributed by atoms with Gasteiger partial charge in [-0.2, -0.15) is 0 Å². The number of fused-ring (bicyclic) bond motifs is 1. The summed E-state index contributed by atoms with van der Waals surface area (Å²) < 4.78 is 8.91. The second kappa shape index (κ2) is 7.92. The molecule has 0 bridgehead atoms. The first-order valence-electron chi connectivity index (χ1n) is 10.0. The number of benzene rings is 3. The number of hydrogen-bond acceptors (Lipinski definition) is 6. The zero-order valence-corrected chi connectivity index (χ0v) is 17.3. The third-order valence-electron chi connectivity index (χ3n) is 5.12. The van der Waals surface area contributed by atoms with Gasteiger partial charge in [0.1, 0.15) is 23.3 Å². The van der Waals surface area contributed by atoms with Crippen LogP contribution < -0.4 is 21.5 Å². The maximum absolute atomic E-state index is 13.6. The lowest BCUT2D eigenvalue weighted by Crippen LogP contribution is -2.22. The van der Waals surface area contributed by atoms with Crippen LogP contribution in [0.15, 0.2) is 90.0 Å². The molecule has 5 rings (SSSR count). The summed E-state index contributed by atoms with van der Waals surface area (Å²) in [5.41, 5.74) is 8.95. The van der Waals surface area contributed by atoms with Crippen LogP contribution in [0.25, 0.3) is 22.5 Å². The summed E-state index contributed by atoms with van der Waals surface area (Å²) in [6.45, 7) is 0. The molecule has 0 spiro atoms. The van der Waals surface area contributed by atoms with E-state index in [9.17, 15) is 4.79 Å². The van der Waals surface area contributed by atoms with Crippen molar-refractivity contribution in [3.63, 3.8) is 0 Å². The Morgan fingerprint density at radius 2 is 1.59 bits per heavy atom. The van der Waals surface area contributed by atoms with Crippen molar-refractivity contribution >= 4 is 22.7 Å². The Balaban J connectivity index is 1.65. The molecule has 2 heterocycles. The minimum Gasteiger partial charge on any atom is -0.457 e. The van der Waals surface area contributed by atoms with E-state index in [1.54, 1.807) is 24.3 Å². The highest BCUT2D eigenvalue weighted by Gasteiger charge is 2.20. The van der Waals surface area contributed by atoms with Gasteiger partial charge in [0.25, 0.3) is 0 Å². The maximum Gasteiger partial charge on any atom is 0.339 e. The van der Waals surface area contributed by atoms with Crippen molar-refractivity contribution in [1.29, 1.82) is 0 Å². The van der Waals surface area contributed by atoms with Gasteiger partial charge in [-0.1, -0.05) is 24.3 Å². The van der Waals surface area contributed by atoms with Crippen LogP contribution in [0.4, 0.5) is 11.5 Å². The highest BCUT2D eigenvalue weighted by Crippen LogP contribution is 2.26. The lowest BCUT2D eigenvalue weighted by Gasteiger charge is -2.08. The Kier molecular flexibility index (Phi) is 4.79. The average Bonchev–Trinajstić information content (AvgIpc) is 3.13. The number of anilines is 2. The molecule has 0 radical (unpaired) electrons. The SMILES string of the molecule is CNc1cccc(-n2c(=O)n(-c3ccc(Oc4ccccc4)cc3)c3c(N)ncnc32)c1. The van der Waals surface area contributed by atoms with Crippen LogP contribution in [-0.4, -0.2) is 26.1 Å². The second-order valence-corrected chi connectivity index (χ2v) is 7.09. The van der Waals surface area contributed by atoms with Crippen molar-refractivity contribution in [3.8, 4) is 22.9 Å². The van der Waals surface area contributed by atoms with E-state index in [-0.39, 0.29) is 11.5 Å². The minimum atomic E-state index is -0.294. The van der Waals surface area contributed by atoms with Crippen molar-refractivity contribution < 1.29 is 4.74 Å². The molecule has 0 fully saturated rings. The monoisotopic (exact) mass is 424 g/mol. The number of ether oxygens (including phenoxy) is 1. The molecule has 0 amide bonds. The van der Waals surface area contributed by atoms with Crippen molar-refractivity contribution in [2.24, 2.45) is 0 Å². The molecule has 8 heteroatoms. The fourth-order valence-electron chi connectivity index (χ4n) is 3.61. The predicted molar refractivity (Wildman–Crippen MR) is 125 cm³/mol. The normalized spacial score (nSPS) is 10.9. The van der Waals surface area contributed by atoms with E-state index in [0.29, 0.717) is 28.3 Å². The summed E-state index contributed by atoms with van der Waals surface area (Å²) in [6.07, 6.45) is 1.36. The Bertz CT molecular complexity index is 1460. The standard InChI is InChI=1S/C24H20N6O2/c1-26-16-6-5-7-18(14-16)30-23-21(22(25)27-15-28-23)29(24(30)31)17-10-12-20(13-11-17)32-19-8-3-2-4-9-19/h2-15,26H,1H3,(H2,25,27,28). The molecule has 5 aromatic rings. The average molecular weight is 424 g/mol. The van der Waals surface area contributed by atoms with Crippen LogP contribution in [-0.2, 0) is 0 Å². The minimum absolute atomic E-state index is 0.222. The first-order chi connectivity index (χ1) is 15.7. The molecule has 3 N–H and O–H groups in total. The quantitative estimate of drug-likeness (QED) is 0.443. The van der Waals surface area contributed by atoms with Crippen LogP contribution in [0.3, 0.4) is 0 Å². The molecule has 0 saturated heterocycles. The number of imidazole rings is 1. The molecule has 2 aromatic heterocycles. The lowest BCUT2D eigenvalue weighted by molar-refractivity contribution is 0.482. The molecule has 0 unspecified atom stereocenters. The van der Waals surface area contributed by atoms with E-state index in [0.717, 1.165) is 11.4 Å². The van der Waals surface area contributed by atoms with Gasteiger partial charge in [-0.3, -0.25) is 4.57 Å². The summed E-state index contributed by atoms with van der Waals surface area (Å²) >= 11 is 0. The fraction of sp³-hybridized carbons (Fsp3) is 0.0417. The molecular formula is C24H20N6O2. The smallest absolute Gasteiger partial charge is 0.339 e. The van der Waals surface area contributed by atoms with Gasteiger partial charge in [0.2, 0.25) is 0 Å². The van der Waals surface area contributed by atoms with E-state index >= 15 is 0 Å². The molecule has 0 aliphatic carbocycles. The lowest BCUT2D eigenvalue weighted by atomic mass is 10.2. The number of rotatable bonds is 5. The van der Waals surface area contributed by atoms with Crippen molar-refractivity contribution in [1.82, 2.24) is 19.1 Å². The largest absolute Gasteiger partial charge is 0.457 e. The van der Waals surface area contributed by atoms with Crippen LogP contribution in [0.5, 0.6) is 11.5 Å². The van der Waals surface area contributed by atoms with Crippen LogP contribution in [0.2, 0.25) is 0 Å². The van der Waals surface area contributed by atoms with Gasteiger partial charge in [-0.25, -0.2) is 19.3 Å². The van der Waals surface area contributed by atoms with E-state index in [1.165, 1.54) is 15.5 Å². The molecule has 0 atom stereocenters. The molecule has 0 aliphatic heterocycles. The summed E-state index contributed by atoms with van der Waals surface area (Å²) in [4.78, 5) is 22.0. The highest BCUT2D eigenvalue weighted by molar-refractivity contribution is 5.85. The van der Waals surface area contributed by atoms with Crippen molar-refractivity contribution in [2.75, 3.05) is 18.1 Å². The van der Waals surface area contributed by atoms with Gasteiger partial charge in [0.15, 0.2) is 11.5 Å². The molecule has 3 aromatic carbocycles. The Labute approximate surface area is 183 Å². The molecule has 0 saturated carbocycles. The Hall–Kier alpha value is -4.59. The van der Waals surface area contributed by atoms with E-state index in [2.05, 4.69) is 15.3 Å². The Morgan fingerprint density at radius 3 is 2.34 bits per heavy atom. The van der Waals surface area contributed by atoms with Crippen molar-refractivity contribution in [2.45, 2.75) is 0 Å². The van der Waals surface area contributed by atoms with E-state index in [1.807, 2.05) is 61.6 Å². The number of nitrogens with two attached hydrogens (primary N) is 1. The first kappa shape index (κ1) is 19.4. The third kappa shape index (κ3) is 3.33. The molecule has 8 nitrogen and oxygen atoms in total. The summed E-state index contributed by atoms with van der Waals surface area (Å²) in [6, 6.07) is 24.2. The number of nitrogen functional groups attached to an aromatic ring is 1. The van der Waals surface area contributed by atoms with Crippen molar-refractivity contribution in [3.05, 3.63) is 95.7 Å². The second-order valence-electron chi connectivity index (χ2n) is 7.09. The fourth-order valence-corrected chi connectivity index (χ4v) is 3.61. The van der Waals surface area contributed by atoms with Crippen LogP contribution in [0, 0.1) is 0 Å². The van der Waals surface area contributed by atoms with Gasteiger partial charge in [0, 0.05) is 12.7 Å². The number of nitrogens with one attached hydrogen (secondary N) is 1. The molecule has 158 valence electrons. The van der Waals surface area contributed by atoms with E-state index < -0.39 is 0 Å². The first-order valence-corrected chi connectivity index (χ1v) is 10.0. The maximum atomic E-state index is 13.6. The predicted octanol–water partition coefficient (Wildman–Crippen LogP) is 3.99. The summed E-state index contributed by atoms with van der Waals surface area (Å²) in [5.74, 6) is 1.61. The number of nitrogens with zero attached hydrogens (tertiary/aromatic N) is 4.